The smallest absolute Gasteiger partial charge is 0.329 e. The molecular formula is C50H58F2N10O9. The molecule has 0 fully saturated rings. The molecule has 19 nitrogen and oxygen atoms in total. The van der Waals surface area contributed by atoms with Gasteiger partial charge in [-0.05, 0) is 78.8 Å². The second-order valence-corrected chi connectivity index (χ2v) is 16.9. The Hall–Kier alpha value is -6.78. The highest BCUT2D eigenvalue weighted by Crippen LogP contribution is 2.33. The monoisotopic (exact) mass is 980 g/mol. The quantitative estimate of drug-likeness (QED) is 0.115. The zero-order valence-corrected chi connectivity index (χ0v) is 39.9. The minimum Gasteiger partial charge on any atom is -0.493 e. The zero-order chi connectivity index (χ0) is 49.5. The van der Waals surface area contributed by atoms with Crippen molar-refractivity contribution in [3.8, 4) is 11.5 Å². The number of carboxylic acids is 1. The Morgan fingerprint density at radius 2 is 1.25 bits per heavy atom. The number of halogens is 2. The van der Waals surface area contributed by atoms with Crippen LogP contribution in [0.4, 0.5) is 8.78 Å². The van der Waals surface area contributed by atoms with Gasteiger partial charge < -0.3 is 43.7 Å². The Balaban J connectivity index is 0.000000166. The van der Waals surface area contributed by atoms with Crippen molar-refractivity contribution in [3.63, 3.8) is 0 Å². The average Bonchev–Trinajstić information content (AvgIpc) is 4.25. The maximum Gasteiger partial charge on any atom is 0.329 e. The number of amides is 1. The Morgan fingerprint density at radius 3 is 1.75 bits per heavy atom. The molecule has 0 aliphatic carbocycles. The van der Waals surface area contributed by atoms with Crippen LogP contribution in [0.3, 0.4) is 0 Å². The molecule has 376 valence electrons. The third-order valence-electron chi connectivity index (χ3n) is 12.5. The molecular weight excluding hydrogens is 923 g/mol. The van der Waals surface area contributed by atoms with E-state index < -0.39 is 5.97 Å². The number of hydrogen-bond acceptors (Lipinski definition) is 15. The lowest BCUT2D eigenvalue weighted by molar-refractivity contribution is -0.142. The second kappa shape index (κ2) is 24.9. The molecule has 21 heteroatoms. The topological polar surface area (TPSA) is 211 Å². The van der Waals surface area contributed by atoms with Gasteiger partial charge in [-0.1, -0.05) is 12.2 Å². The number of aromatic nitrogens is 8. The van der Waals surface area contributed by atoms with Crippen LogP contribution in [-0.2, 0) is 67.1 Å². The first kappa shape index (κ1) is 50.6. The van der Waals surface area contributed by atoms with Crippen LogP contribution in [0.25, 0.3) is 22.4 Å². The number of nitrogens with zero attached hydrogens (tertiary/aromatic N) is 9. The average molecular weight is 981 g/mol. The molecule has 2 aromatic carbocycles. The zero-order valence-electron chi connectivity index (χ0n) is 39.9. The first-order valence-electron chi connectivity index (χ1n) is 23.7. The van der Waals surface area contributed by atoms with Crippen LogP contribution in [0.2, 0.25) is 0 Å². The van der Waals surface area contributed by atoms with Crippen LogP contribution in [0.15, 0.2) is 61.5 Å². The summed E-state index contributed by atoms with van der Waals surface area (Å²) in [5, 5.41) is 28.2. The van der Waals surface area contributed by atoms with Crippen LogP contribution in [0.1, 0.15) is 57.9 Å². The van der Waals surface area contributed by atoms with E-state index in [1.165, 1.54) is 24.8 Å². The Kier molecular flexibility index (Phi) is 17.7. The number of benzene rings is 2. The molecule has 0 bridgehead atoms. The third kappa shape index (κ3) is 12.6. The number of fused-ring (bicyclic) bond motifs is 4. The second-order valence-electron chi connectivity index (χ2n) is 16.9. The minimum absolute atomic E-state index is 0.0393. The molecule has 6 aromatic rings. The fourth-order valence-electron chi connectivity index (χ4n) is 8.90. The van der Waals surface area contributed by atoms with Gasteiger partial charge in [0.1, 0.15) is 60.7 Å². The molecule has 0 saturated carbocycles. The van der Waals surface area contributed by atoms with Gasteiger partial charge in [0.15, 0.2) is 11.3 Å². The highest BCUT2D eigenvalue weighted by Gasteiger charge is 2.24. The Labute approximate surface area is 408 Å². The maximum atomic E-state index is 14.5. The lowest BCUT2D eigenvalue weighted by Gasteiger charge is -2.26. The maximum absolute atomic E-state index is 14.5. The number of aliphatic carboxylic acids is 1. The number of carbonyl (C=O) groups is 2. The van der Waals surface area contributed by atoms with E-state index in [9.17, 15) is 18.4 Å². The largest absolute Gasteiger partial charge is 0.493 e. The number of hydrogen-bond donors (Lipinski definition) is 2. The van der Waals surface area contributed by atoms with Crippen molar-refractivity contribution in [2.45, 2.75) is 51.4 Å². The number of ether oxygens (including phenoxy) is 6. The summed E-state index contributed by atoms with van der Waals surface area (Å²) in [5.74, 6) is 1.82. The molecule has 0 spiro atoms. The molecule has 0 radical (unpaired) electrons. The fourth-order valence-corrected chi connectivity index (χ4v) is 8.90. The van der Waals surface area contributed by atoms with E-state index >= 15 is 0 Å². The summed E-state index contributed by atoms with van der Waals surface area (Å²) >= 11 is 0. The van der Waals surface area contributed by atoms with Gasteiger partial charge in [0.25, 0.3) is 0 Å². The van der Waals surface area contributed by atoms with Crippen LogP contribution >= 0.6 is 0 Å². The summed E-state index contributed by atoms with van der Waals surface area (Å²) < 4.78 is 63.4. The van der Waals surface area contributed by atoms with E-state index in [0.717, 1.165) is 94.5 Å². The van der Waals surface area contributed by atoms with Gasteiger partial charge in [-0.25, -0.2) is 23.5 Å². The first-order chi connectivity index (χ1) is 34.7. The number of nitrogens with one attached hydrogen (secondary N) is 1. The van der Waals surface area contributed by atoms with E-state index in [1.807, 2.05) is 27.3 Å². The van der Waals surface area contributed by atoms with Gasteiger partial charge in [-0.2, -0.15) is 0 Å². The SMILES string of the molecule is COCCOCC(=O)N1CC=C(c2cnc(CCc3c(F)ccc4c3CCO4)n3cnnc23)CC1.COCCOCC(=O)O.Fc1ccc2c(c1CCc1ncc(C3=CCNCC3)c3nncn13)CCO2. The summed E-state index contributed by atoms with van der Waals surface area (Å²) in [5.41, 5.74) is 9.15. The highest BCUT2D eigenvalue weighted by molar-refractivity contribution is 5.81. The molecule has 2 N–H and O–H groups in total. The molecule has 4 aliphatic heterocycles. The van der Waals surface area contributed by atoms with E-state index in [-0.39, 0.29) is 30.8 Å². The minimum atomic E-state index is -0.953. The number of aryl methyl sites for hydroxylation is 2. The molecule has 10 rings (SSSR count). The Bertz CT molecular complexity index is 2870. The van der Waals surface area contributed by atoms with Crippen LogP contribution in [-0.4, -0.2) is 154 Å². The van der Waals surface area contributed by atoms with Gasteiger partial charge >= 0.3 is 5.97 Å². The van der Waals surface area contributed by atoms with Gasteiger partial charge in [-0.15, -0.1) is 20.4 Å². The molecule has 0 atom stereocenters. The van der Waals surface area contributed by atoms with Gasteiger partial charge in [0, 0.05) is 94.2 Å². The number of methoxy groups -OCH3 is 2. The van der Waals surface area contributed by atoms with E-state index in [4.69, 9.17) is 24.1 Å². The van der Waals surface area contributed by atoms with Gasteiger partial charge in [-0.3, -0.25) is 13.6 Å². The predicted octanol–water partition coefficient (Wildman–Crippen LogP) is 4.36. The van der Waals surface area contributed by atoms with Crippen molar-refractivity contribution >= 4 is 34.3 Å². The molecule has 1 amide bonds. The highest BCUT2D eigenvalue weighted by atomic mass is 19.1. The summed E-state index contributed by atoms with van der Waals surface area (Å²) in [7, 11) is 3.13. The normalized spacial score (nSPS) is 14.9. The van der Waals surface area contributed by atoms with Crippen molar-refractivity contribution in [1.29, 1.82) is 0 Å². The van der Waals surface area contributed by atoms with Crippen LogP contribution < -0.4 is 14.8 Å². The lowest BCUT2D eigenvalue weighted by atomic mass is 9.99. The standard InChI is InChI=1S/C25H28FN5O4.C20H20FN5O.C5H10O4/c1-33-12-13-34-15-24(32)30-9-6-17(7-10-30)20-14-27-23(31-16-28-29-25(20)31)5-2-18-19-8-11-35-22(19)4-3-21(18)26;21-17-2-3-18-15(7-10-27-18)14(17)1-4-19-23-11-16(13-5-8-22-9-6-13)20-25-24-12-26(19)20;1-8-2-3-9-4-5(6)7/h3-4,6,14,16H,2,5,7-13,15H2,1H3;2-3,5,11-12,22H,1,4,6-10H2;2-4H2,1H3,(H,6,7). The molecule has 8 heterocycles. The molecule has 0 unspecified atom stereocenters. The van der Waals surface area contributed by atoms with Gasteiger partial charge in [0.2, 0.25) is 5.91 Å². The summed E-state index contributed by atoms with van der Waals surface area (Å²) in [6.07, 6.45) is 16.6. The first-order valence-corrected chi connectivity index (χ1v) is 23.7. The lowest BCUT2D eigenvalue weighted by Crippen LogP contribution is -2.37. The van der Waals surface area contributed by atoms with Gasteiger partial charge in [0.05, 0.1) is 39.6 Å². The van der Waals surface area contributed by atoms with Crippen molar-refractivity contribution in [2.24, 2.45) is 0 Å². The van der Waals surface area contributed by atoms with E-state index in [1.54, 1.807) is 36.8 Å². The number of carboxylic acid groups (broad SMARTS) is 1. The van der Waals surface area contributed by atoms with Crippen molar-refractivity contribution in [2.75, 3.05) is 93.3 Å². The number of rotatable bonds is 18. The third-order valence-corrected chi connectivity index (χ3v) is 12.5. The molecule has 4 aliphatic rings. The summed E-state index contributed by atoms with van der Waals surface area (Å²) in [4.78, 5) is 33.3. The van der Waals surface area contributed by atoms with Crippen LogP contribution in [0, 0.1) is 11.6 Å². The van der Waals surface area contributed by atoms with Crippen molar-refractivity contribution in [1.82, 2.24) is 49.4 Å². The summed E-state index contributed by atoms with van der Waals surface area (Å²) in [6.45, 7) is 5.57. The summed E-state index contributed by atoms with van der Waals surface area (Å²) in [6, 6.07) is 6.39. The van der Waals surface area contributed by atoms with E-state index in [0.29, 0.717) is 96.0 Å². The number of carbonyl (C=O) groups excluding carboxylic acids is 1. The van der Waals surface area contributed by atoms with Crippen molar-refractivity contribution in [3.05, 3.63) is 118 Å². The molecule has 0 saturated heterocycles. The predicted molar refractivity (Wildman–Crippen MR) is 255 cm³/mol. The van der Waals surface area contributed by atoms with Crippen molar-refractivity contribution < 1.29 is 51.9 Å². The molecule has 4 aromatic heterocycles. The van der Waals surface area contributed by atoms with Crippen LogP contribution in [0.5, 0.6) is 11.5 Å². The fraction of sp³-hybridized carbons (Fsp3) is 0.440. The molecule has 71 heavy (non-hydrogen) atoms. The Morgan fingerprint density at radius 1 is 0.704 bits per heavy atom. The van der Waals surface area contributed by atoms with E-state index in [2.05, 4.69) is 51.2 Å².